The molecule has 32 heavy (non-hydrogen) atoms. The Morgan fingerprint density at radius 3 is 1.56 bits per heavy atom. The standard InChI is InChI=1S/C16H6F9NO5S/c17-13(18,15(21,22)23)14(19,20)16(24,25)32(29,30)31-26-11(27)8-5-1-3-7-4-2-6-9(10(7)8)12(26)28/h1-6H. The minimum Gasteiger partial charge on any atom is -0.266 e. The number of hydrogen-bond acceptors (Lipinski definition) is 5. The monoisotopic (exact) mass is 495 g/mol. The summed E-state index contributed by atoms with van der Waals surface area (Å²) in [6.45, 7) is 0. The van der Waals surface area contributed by atoms with Crippen molar-refractivity contribution in [2.75, 3.05) is 0 Å². The number of amides is 2. The number of rotatable bonds is 5. The van der Waals surface area contributed by atoms with Gasteiger partial charge in [0.05, 0.1) is 11.1 Å². The van der Waals surface area contributed by atoms with Gasteiger partial charge in [-0.2, -0.15) is 47.9 Å². The molecule has 2 aromatic carbocycles. The van der Waals surface area contributed by atoms with Crippen LogP contribution in [-0.2, 0) is 14.4 Å². The van der Waals surface area contributed by atoms with Crippen molar-refractivity contribution in [1.82, 2.24) is 5.06 Å². The third kappa shape index (κ3) is 3.03. The predicted molar refractivity (Wildman–Crippen MR) is 85.3 cm³/mol. The van der Waals surface area contributed by atoms with Crippen LogP contribution in [-0.4, -0.2) is 48.6 Å². The van der Waals surface area contributed by atoms with Gasteiger partial charge in [-0.15, -0.1) is 9.35 Å². The number of hydroxylamine groups is 2. The second kappa shape index (κ2) is 6.81. The fourth-order valence-electron chi connectivity index (χ4n) is 2.74. The number of alkyl halides is 9. The summed E-state index contributed by atoms with van der Waals surface area (Å²) in [7, 11) is -7.48. The van der Waals surface area contributed by atoms with E-state index in [-0.39, 0.29) is 10.8 Å². The van der Waals surface area contributed by atoms with Crippen LogP contribution in [0.5, 0.6) is 0 Å². The highest BCUT2D eigenvalue weighted by atomic mass is 32.2. The highest BCUT2D eigenvalue weighted by molar-refractivity contribution is 7.87. The fourth-order valence-corrected chi connectivity index (χ4v) is 3.61. The van der Waals surface area contributed by atoms with Gasteiger partial charge in [0, 0.05) is 5.39 Å². The van der Waals surface area contributed by atoms with Gasteiger partial charge in [-0.3, -0.25) is 9.59 Å². The van der Waals surface area contributed by atoms with Crippen LogP contribution in [0.25, 0.3) is 10.8 Å². The lowest BCUT2D eigenvalue weighted by Crippen LogP contribution is -2.64. The van der Waals surface area contributed by atoms with Crippen LogP contribution in [0.2, 0.25) is 0 Å². The SMILES string of the molecule is O=C1c2cccc3cccc(c23)C(=O)N1OS(=O)(=O)C(F)(F)C(F)(F)C(F)(F)C(F)(F)F. The van der Waals surface area contributed by atoms with E-state index in [0.29, 0.717) is 0 Å². The van der Waals surface area contributed by atoms with Gasteiger partial charge in [0.25, 0.3) is 11.8 Å². The molecule has 0 radical (unpaired) electrons. The normalized spacial score (nSPS) is 16.1. The number of hydrogen-bond donors (Lipinski definition) is 0. The van der Waals surface area contributed by atoms with E-state index in [1.54, 1.807) is 0 Å². The van der Waals surface area contributed by atoms with Crippen LogP contribution in [0.15, 0.2) is 36.4 Å². The molecule has 0 aromatic heterocycles. The minimum absolute atomic E-state index is 0.0945. The number of nitrogens with zero attached hydrogens (tertiary/aromatic N) is 1. The molecule has 174 valence electrons. The third-order valence-corrected chi connectivity index (χ3v) is 5.57. The maximum Gasteiger partial charge on any atom is 0.460 e. The van der Waals surface area contributed by atoms with Gasteiger partial charge in [-0.1, -0.05) is 24.3 Å². The zero-order chi connectivity index (χ0) is 24.5. The average Bonchev–Trinajstić information content (AvgIpc) is 2.67. The molecule has 0 atom stereocenters. The molecule has 0 aliphatic carbocycles. The summed E-state index contributed by atoms with van der Waals surface area (Å²) < 4.78 is 144. The molecular formula is C16H6F9NO5S. The van der Waals surface area contributed by atoms with Crippen molar-refractivity contribution in [1.29, 1.82) is 0 Å². The Bertz CT molecular complexity index is 1190. The fraction of sp³-hybridized carbons (Fsp3) is 0.250. The van der Waals surface area contributed by atoms with E-state index in [1.807, 2.05) is 0 Å². The van der Waals surface area contributed by atoms with E-state index in [4.69, 9.17) is 0 Å². The molecule has 1 heterocycles. The van der Waals surface area contributed by atoms with Crippen molar-refractivity contribution in [3.8, 4) is 0 Å². The Balaban J connectivity index is 2.06. The van der Waals surface area contributed by atoms with Crippen LogP contribution in [0, 0.1) is 0 Å². The first-order valence-electron chi connectivity index (χ1n) is 7.93. The van der Waals surface area contributed by atoms with Crippen LogP contribution < -0.4 is 0 Å². The maximum atomic E-state index is 13.8. The summed E-state index contributed by atoms with van der Waals surface area (Å²) >= 11 is 0. The smallest absolute Gasteiger partial charge is 0.266 e. The topological polar surface area (TPSA) is 80.8 Å². The molecule has 0 spiro atoms. The molecule has 2 amide bonds. The van der Waals surface area contributed by atoms with Crippen LogP contribution in [0.3, 0.4) is 0 Å². The summed E-state index contributed by atoms with van der Waals surface area (Å²) in [5.41, 5.74) is -1.05. The second-order valence-corrected chi connectivity index (χ2v) is 7.88. The summed E-state index contributed by atoms with van der Waals surface area (Å²) in [5, 5.41) is -8.03. The lowest BCUT2D eigenvalue weighted by molar-refractivity contribution is -0.383. The largest absolute Gasteiger partial charge is 0.460 e. The lowest BCUT2D eigenvalue weighted by atomic mass is 9.95. The van der Waals surface area contributed by atoms with E-state index in [2.05, 4.69) is 4.28 Å². The Morgan fingerprint density at radius 2 is 1.16 bits per heavy atom. The van der Waals surface area contributed by atoms with Gasteiger partial charge in [-0.05, 0) is 17.5 Å². The van der Waals surface area contributed by atoms with E-state index in [9.17, 15) is 57.5 Å². The van der Waals surface area contributed by atoms with Crippen molar-refractivity contribution >= 4 is 32.7 Å². The van der Waals surface area contributed by atoms with Crippen molar-refractivity contribution in [3.05, 3.63) is 47.5 Å². The zero-order valence-corrected chi connectivity index (χ0v) is 15.6. The quantitative estimate of drug-likeness (QED) is 0.461. The second-order valence-electron chi connectivity index (χ2n) is 6.31. The number of carbonyl (C=O) groups is 2. The summed E-state index contributed by atoms with van der Waals surface area (Å²) in [6, 6.07) is 7.12. The molecule has 0 fully saturated rings. The van der Waals surface area contributed by atoms with Gasteiger partial charge in [0.2, 0.25) is 0 Å². The van der Waals surface area contributed by atoms with Crippen LogP contribution >= 0.6 is 0 Å². The Labute approximate surface area is 171 Å². The molecule has 0 bridgehead atoms. The molecule has 1 aliphatic heterocycles. The van der Waals surface area contributed by atoms with Gasteiger partial charge in [0.15, 0.2) is 0 Å². The molecule has 0 saturated carbocycles. The average molecular weight is 495 g/mol. The molecular weight excluding hydrogens is 489 g/mol. The number of carbonyl (C=O) groups excluding carboxylic acids is 2. The van der Waals surface area contributed by atoms with Crippen molar-refractivity contribution in [2.24, 2.45) is 0 Å². The summed E-state index contributed by atoms with van der Waals surface area (Å²) in [4.78, 5) is 24.8. The van der Waals surface area contributed by atoms with Gasteiger partial charge < -0.3 is 0 Å². The first-order chi connectivity index (χ1) is 14.4. The number of benzene rings is 2. The van der Waals surface area contributed by atoms with E-state index in [0.717, 1.165) is 12.1 Å². The lowest BCUT2D eigenvalue weighted by Gasteiger charge is -2.33. The Morgan fingerprint density at radius 1 is 0.719 bits per heavy atom. The molecule has 16 heteroatoms. The van der Waals surface area contributed by atoms with Crippen molar-refractivity contribution in [2.45, 2.75) is 23.3 Å². The number of halogens is 9. The third-order valence-electron chi connectivity index (χ3n) is 4.34. The molecule has 0 saturated heterocycles. The van der Waals surface area contributed by atoms with Crippen LogP contribution in [0.4, 0.5) is 39.5 Å². The van der Waals surface area contributed by atoms with Crippen LogP contribution in [0.1, 0.15) is 20.7 Å². The maximum absolute atomic E-state index is 13.8. The molecule has 0 N–H and O–H groups in total. The molecule has 2 aromatic rings. The highest BCUT2D eigenvalue weighted by Crippen LogP contribution is 2.55. The minimum atomic E-state index is -7.59. The molecule has 1 aliphatic rings. The van der Waals surface area contributed by atoms with Crippen molar-refractivity contribution in [3.63, 3.8) is 0 Å². The number of imide groups is 1. The van der Waals surface area contributed by atoms with Crippen molar-refractivity contribution < 1.29 is 61.8 Å². The first-order valence-corrected chi connectivity index (χ1v) is 9.34. The van der Waals surface area contributed by atoms with Gasteiger partial charge in [-0.25, -0.2) is 0 Å². The Hall–Kier alpha value is -2.88. The van der Waals surface area contributed by atoms with Gasteiger partial charge >= 0.3 is 33.4 Å². The summed E-state index contributed by atoms with van der Waals surface area (Å²) in [6.07, 6.45) is -7.29. The first kappa shape index (κ1) is 23.8. The molecule has 3 rings (SSSR count). The van der Waals surface area contributed by atoms with E-state index < -0.39 is 61.4 Å². The molecule has 6 nitrogen and oxygen atoms in total. The predicted octanol–water partition coefficient (Wildman–Crippen LogP) is 4.12. The summed E-state index contributed by atoms with van der Waals surface area (Å²) in [5.74, 6) is -18.7. The molecule has 0 unspecified atom stereocenters. The van der Waals surface area contributed by atoms with Gasteiger partial charge in [0.1, 0.15) is 0 Å². The Kier molecular flexibility index (Phi) is 5.06. The highest BCUT2D eigenvalue weighted by Gasteiger charge is 2.86. The van der Waals surface area contributed by atoms with E-state index >= 15 is 0 Å². The van der Waals surface area contributed by atoms with E-state index in [1.165, 1.54) is 24.3 Å². The zero-order valence-electron chi connectivity index (χ0n) is 14.8.